The topological polar surface area (TPSA) is 50.0 Å². The van der Waals surface area contributed by atoms with Crippen LogP contribution in [-0.4, -0.2) is 50.3 Å². The molecule has 25 heavy (non-hydrogen) atoms. The van der Waals surface area contributed by atoms with Crippen LogP contribution in [0.25, 0.3) is 0 Å². The highest BCUT2D eigenvalue weighted by atomic mass is 127. The molecule has 5 nitrogen and oxygen atoms in total. The zero-order valence-corrected chi connectivity index (χ0v) is 17.5. The molecule has 6 heteroatoms. The molecule has 0 bridgehead atoms. The molecule has 1 aromatic rings. The largest absolute Gasteiger partial charge is 0.469 e. The molecule has 0 atom stereocenters. The molecule has 2 aliphatic rings. The number of hydrogen-bond donors (Lipinski definition) is 1. The summed E-state index contributed by atoms with van der Waals surface area (Å²) >= 11 is 0. The van der Waals surface area contributed by atoms with Crippen LogP contribution < -0.4 is 5.32 Å². The molecule has 2 fully saturated rings. The smallest absolute Gasteiger partial charge is 0.194 e. The van der Waals surface area contributed by atoms with Crippen molar-refractivity contribution in [3.8, 4) is 0 Å². The Morgan fingerprint density at radius 3 is 2.84 bits per heavy atom. The van der Waals surface area contributed by atoms with Crippen LogP contribution in [0.4, 0.5) is 0 Å². The zero-order valence-electron chi connectivity index (χ0n) is 15.1. The number of nitrogens with zero attached hydrogens (tertiary/aromatic N) is 2. The molecule has 0 aromatic carbocycles. The Hall–Kier alpha value is -1.02. The maximum absolute atomic E-state index is 5.55. The molecule has 3 rings (SSSR count). The highest BCUT2D eigenvalue weighted by Gasteiger charge is 2.40. The van der Waals surface area contributed by atoms with Crippen molar-refractivity contribution in [2.24, 2.45) is 10.4 Å². The number of likely N-dealkylation sites (tertiary alicyclic amines) is 1. The van der Waals surface area contributed by atoms with Gasteiger partial charge in [0.15, 0.2) is 5.96 Å². The van der Waals surface area contributed by atoms with Gasteiger partial charge in [0.2, 0.25) is 0 Å². The van der Waals surface area contributed by atoms with Gasteiger partial charge in [0.05, 0.1) is 12.8 Å². The Morgan fingerprint density at radius 1 is 1.36 bits per heavy atom. The lowest BCUT2D eigenvalue weighted by molar-refractivity contribution is 0.0217. The zero-order chi connectivity index (χ0) is 16.8. The molecule has 0 saturated carbocycles. The molecule has 2 aliphatic heterocycles. The molecule has 140 valence electrons. The number of aliphatic imine (C=N–C) groups is 1. The van der Waals surface area contributed by atoms with Gasteiger partial charge in [-0.25, -0.2) is 4.99 Å². The minimum atomic E-state index is 0. The summed E-state index contributed by atoms with van der Waals surface area (Å²) < 4.78 is 11.0. The molecule has 0 radical (unpaired) electrons. The van der Waals surface area contributed by atoms with Crippen LogP contribution in [0.5, 0.6) is 0 Å². The van der Waals surface area contributed by atoms with Crippen molar-refractivity contribution < 1.29 is 9.15 Å². The third-order valence-corrected chi connectivity index (χ3v) is 5.02. The fourth-order valence-electron chi connectivity index (χ4n) is 3.56. The fraction of sp³-hybridized carbons (Fsp3) is 0.632. The molecule has 1 aromatic heterocycles. The Bertz CT molecular complexity index is 565. The van der Waals surface area contributed by atoms with E-state index in [0.717, 1.165) is 56.6 Å². The van der Waals surface area contributed by atoms with E-state index in [4.69, 9.17) is 14.1 Å². The predicted octanol–water partition coefficient (Wildman–Crippen LogP) is 3.46. The molecule has 0 aliphatic carbocycles. The van der Waals surface area contributed by atoms with Gasteiger partial charge < -0.3 is 19.4 Å². The van der Waals surface area contributed by atoms with E-state index in [1.54, 1.807) is 6.26 Å². The van der Waals surface area contributed by atoms with Gasteiger partial charge in [0.25, 0.3) is 0 Å². The van der Waals surface area contributed by atoms with Gasteiger partial charge >= 0.3 is 0 Å². The van der Waals surface area contributed by atoms with Crippen LogP contribution in [-0.2, 0) is 11.2 Å². The van der Waals surface area contributed by atoms with Crippen molar-refractivity contribution in [2.75, 3.05) is 39.4 Å². The standard InChI is InChI=1S/C19H29N3O2.HI/c1-16(2)14-21-18(20-9-5-17-4-3-11-24-17)22-10-6-19(15-22)7-12-23-13-8-19;/h3-4,11H,1,5-10,12-15H2,2H3,(H,20,21);1H. The minimum Gasteiger partial charge on any atom is -0.469 e. The lowest BCUT2D eigenvalue weighted by Crippen LogP contribution is -2.43. The van der Waals surface area contributed by atoms with Crippen LogP contribution in [0.15, 0.2) is 40.0 Å². The summed E-state index contributed by atoms with van der Waals surface area (Å²) in [6.07, 6.45) is 6.17. The van der Waals surface area contributed by atoms with E-state index >= 15 is 0 Å². The lowest BCUT2D eigenvalue weighted by atomic mass is 9.80. The molecule has 1 spiro atoms. The maximum atomic E-state index is 5.55. The summed E-state index contributed by atoms with van der Waals surface area (Å²) in [5.74, 6) is 2.01. The first-order valence-electron chi connectivity index (χ1n) is 8.95. The summed E-state index contributed by atoms with van der Waals surface area (Å²) in [5.41, 5.74) is 1.51. The number of ether oxygens (including phenoxy) is 1. The average molecular weight is 459 g/mol. The highest BCUT2D eigenvalue weighted by molar-refractivity contribution is 14.0. The third-order valence-electron chi connectivity index (χ3n) is 5.02. The van der Waals surface area contributed by atoms with Crippen LogP contribution in [0.3, 0.4) is 0 Å². The van der Waals surface area contributed by atoms with Gasteiger partial charge in [0.1, 0.15) is 5.76 Å². The SMILES string of the molecule is C=C(C)CN=C(NCCc1ccco1)N1CCC2(CCOCC2)C1.I. The predicted molar refractivity (Wildman–Crippen MR) is 112 cm³/mol. The lowest BCUT2D eigenvalue weighted by Gasteiger charge is -2.33. The molecular weight excluding hydrogens is 429 g/mol. The second-order valence-electron chi connectivity index (χ2n) is 7.14. The van der Waals surface area contributed by atoms with Gasteiger partial charge in [-0.2, -0.15) is 0 Å². The number of guanidine groups is 1. The van der Waals surface area contributed by atoms with Crippen LogP contribution >= 0.6 is 24.0 Å². The second-order valence-corrected chi connectivity index (χ2v) is 7.14. The van der Waals surface area contributed by atoms with Crippen molar-refractivity contribution in [3.05, 3.63) is 36.3 Å². The minimum absolute atomic E-state index is 0. The summed E-state index contributed by atoms with van der Waals surface area (Å²) in [6.45, 7) is 11.5. The Labute approximate surface area is 167 Å². The van der Waals surface area contributed by atoms with E-state index in [1.165, 1.54) is 19.3 Å². The number of nitrogens with one attached hydrogen (secondary N) is 1. The Morgan fingerprint density at radius 2 is 2.16 bits per heavy atom. The normalized spacial score (nSPS) is 19.7. The quantitative estimate of drug-likeness (QED) is 0.317. The first-order valence-corrected chi connectivity index (χ1v) is 8.95. The molecule has 2 saturated heterocycles. The van der Waals surface area contributed by atoms with E-state index in [2.05, 4.69) is 16.8 Å². The number of rotatable bonds is 5. The van der Waals surface area contributed by atoms with Crippen LogP contribution in [0.1, 0.15) is 31.9 Å². The molecule has 1 N–H and O–H groups in total. The first kappa shape index (κ1) is 20.3. The van der Waals surface area contributed by atoms with Crippen molar-refractivity contribution in [3.63, 3.8) is 0 Å². The van der Waals surface area contributed by atoms with Gasteiger partial charge in [-0.3, -0.25) is 0 Å². The molecule has 0 amide bonds. The first-order chi connectivity index (χ1) is 11.7. The molecular formula is C19H30IN3O2. The van der Waals surface area contributed by atoms with Crippen LogP contribution in [0.2, 0.25) is 0 Å². The highest BCUT2D eigenvalue weighted by Crippen LogP contribution is 2.39. The van der Waals surface area contributed by atoms with Crippen LogP contribution in [0, 0.1) is 5.41 Å². The summed E-state index contributed by atoms with van der Waals surface area (Å²) in [4.78, 5) is 7.19. The maximum Gasteiger partial charge on any atom is 0.194 e. The number of halogens is 1. The van der Waals surface area contributed by atoms with Gasteiger partial charge in [-0.15, -0.1) is 24.0 Å². The molecule has 0 unspecified atom stereocenters. The van der Waals surface area contributed by atoms with E-state index in [1.807, 2.05) is 19.1 Å². The summed E-state index contributed by atoms with van der Waals surface area (Å²) in [7, 11) is 0. The average Bonchev–Trinajstić information content (AvgIpc) is 3.22. The second kappa shape index (κ2) is 9.62. The Kier molecular flexibility index (Phi) is 7.81. The van der Waals surface area contributed by atoms with Crippen molar-refractivity contribution in [1.82, 2.24) is 10.2 Å². The van der Waals surface area contributed by atoms with Gasteiger partial charge in [-0.05, 0) is 43.7 Å². The Balaban J connectivity index is 0.00000225. The third kappa shape index (κ3) is 5.74. The van der Waals surface area contributed by atoms with E-state index in [9.17, 15) is 0 Å². The van der Waals surface area contributed by atoms with Gasteiger partial charge in [0, 0.05) is 39.3 Å². The fourth-order valence-corrected chi connectivity index (χ4v) is 3.56. The van der Waals surface area contributed by atoms with Crippen molar-refractivity contribution in [2.45, 2.75) is 32.6 Å². The molecule has 3 heterocycles. The van der Waals surface area contributed by atoms with E-state index < -0.39 is 0 Å². The van der Waals surface area contributed by atoms with E-state index in [0.29, 0.717) is 12.0 Å². The van der Waals surface area contributed by atoms with Crippen molar-refractivity contribution >= 4 is 29.9 Å². The monoisotopic (exact) mass is 459 g/mol. The van der Waals surface area contributed by atoms with Crippen molar-refractivity contribution in [1.29, 1.82) is 0 Å². The van der Waals surface area contributed by atoms with Gasteiger partial charge in [-0.1, -0.05) is 12.2 Å². The summed E-state index contributed by atoms with van der Waals surface area (Å²) in [6, 6.07) is 3.94. The number of hydrogen-bond acceptors (Lipinski definition) is 3. The van der Waals surface area contributed by atoms with E-state index in [-0.39, 0.29) is 24.0 Å². The number of furan rings is 1. The summed E-state index contributed by atoms with van der Waals surface area (Å²) in [5, 5.41) is 3.52.